The Labute approximate surface area is 179 Å². The fourth-order valence-corrected chi connectivity index (χ4v) is 4.14. The van der Waals surface area contributed by atoms with Crippen molar-refractivity contribution in [3.63, 3.8) is 0 Å². The summed E-state index contributed by atoms with van der Waals surface area (Å²) in [6.07, 6.45) is 6.14. The molecule has 0 radical (unpaired) electrons. The summed E-state index contributed by atoms with van der Waals surface area (Å²) in [5, 5.41) is 0. The highest BCUT2D eigenvalue weighted by Crippen LogP contribution is 2.27. The molecule has 2 aromatic rings. The van der Waals surface area contributed by atoms with Gasteiger partial charge in [0.1, 0.15) is 0 Å². The molecule has 3 rings (SSSR count). The topological polar surface area (TPSA) is 52.6 Å². The molecular weight excluding hydrogens is 376 g/mol. The minimum atomic E-state index is -1.33. The van der Waals surface area contributed by atoms with E-state index < -0.39 is 5.79 Å². The van der Waals surface area contributed by atoms with Gasteiger partial charge < -0.3 is 9.47 Å². The van der Waals surface area contributed by atoms with Crippen LogP contribution in [0, 0.1) is 5.92 Å². The Morgan fingerprint density at radius 2 is 1.63 bits per heavy atom. The van der Waals surface area contributed by atoms with Crippen LogP contribution in [0.2, 0.25) is 0 Å². The fraction of sp³-hybridized carbons (Fsp3) is 0.462. The van der Waals surface area contributed by atoms with Crippen LogP contribution in [0.15, 0.2) is 54.6 Å². The molecule has 30 heavy (non-hydrogen) atoms. The number of hydrogen-bond donors (Lipinski definition) is 0. The molecule has 4 heteroatoms. The van der Waals surface area contributed by atoms with Crippen LogP contribution < -0.4 is 0 Å². The van der Waals surface area contributed by atoms with Crippen LogP contribution in [0.4, 0.5) is 0 Å². The van der Waals surface area contributed by atoms with E-state index in [4.69, 9.17) is 9.47 Å². The molecular formula is C26H32O4. The van der Waals surface area contributed by atoms with E-state index in [2.05, 4.69) is 0 Å². The number of benzene rings is 2. The Hall–Kier alpha value is -2.30. The molecule has 0 amide bonds. The third kappa shape index (κ3) is 5.65. The van der Waals surface area contributed by atoms with E-state index in [9.17, 15) is 9.59 Å². The van der Waals surface area contributed by atoms with Gasteiger partial charge in [0.2, 0.25) is 11.6 Å². The molecule has 0 aromatic heterocycles. The highest BCUT2D eigenvalue weighted by Gasteiger charge is 2.35. The van der Waals surface area contributed by atoms with Crippen molar-refractivity contribution in [3.8, 4) is 0 Å². The summed E-state index contributed by atoms with van der Waals surface area (Å²) in [5.74, 6) is -1.09. The molecule has 2 aromatic carbocycles. The lowest BCUT2D eigenvalue weighted by molar-refractivity contribution is -0.186. The summed E-state index contributed by atoms with van der Waals surface area (Å²) in [6.45, 7) is 4.23. The first-order valence-electron chi connectivity index (χ1n) is 11.0. The second-order valence-corrected chi connectivity index (χ2v) is 8.07. The molecule has 1 saturated carbocycles. The monoisotopic (exact) mass is 408 g/mol. The van der Waals surface area contributed by atoms with Gasteiger partial charge in [-0.15, -0.1) is 0 Å². The van der Waals surface area contributed by atoms with E-state index in [1.165, 1.54) is 6.42 Å². The molecule has 1 aliphatic carbocycles. The first-order valence-corrected chi connectivity index (χ1v) is 11.0. The molecule has 0 heterocycles. The standard InChI is InChI=1S/C26H32O4/c1-3-29-26(2,25(28)22-14-8-5-9-15-22)30-18-17-20-11-10-16-23(19-20)24(27)21-12-6-4-7-13-21/h5,8-11,14-16,19,21H,3-4,6-7,12-13,17-18H2,1-2H3. The zero-order chi connectivity index (χ0) is 21.4. The fourth-order valence-electron chi connectivity index (χ4n) is 4.14. The van der Waals surface area contributed by atoms with E-state index in [1.54, 1.807) is 19.1 Å². The highest BCUT2D eigenvalue weighted by molar-refractivity contribution is 6.01. The van der Waals surface area contributed by atoms with Crippen molar-refractivity contribution in [2.24, 2.45) is 5.92 Å². The van der Waals surface area contributed by atoms with Crippen LogP contribution in [0.3, 0.4) is 0 Å². The average Bonchev–Trinajstić information content (AvgIpc) is 2.79. The maximum absolute atomic E-state index is 12.9. The number of carbonyl (C=O) groups is 2. The highest BCUT2D eigenvalue weighted by atomic mass is 16.7. The van der Waals surface area contributed by atoms with Crippen molar-refractivity contribution < 1.29 is 19.1 Å². The summed E-state index contributed by atoms with van der Waals surface area (Å²) >= 11 is 0. The minimum Gasteiger partial charge on any atom is -0.344 e. The van der Waals surface area contributed by atoms with Crippen LogP contribution in [0.1, 0.15) is 72.2 Å². The van der Waals surface area contributed by atoms with Gasteiger partial charge in [0.05, 0.1) is 6.61 Å². The summed E-state index contributed by atoms with van der Waals surface area (Å²) in [5.41, 5.74) is 2.38. The van der Waals surface area contributed by atoms with Crippen molar-refractivity contribution in [1.82, 2.24) is 0 Å². The largest absolute Gasteiger partial charge is 0.344 e. The van der Waals surface area contributed by atoms with E-state index in [0.717, 1.165) is 36.8 Å². The summed E-state index contributed by atoms with van der Waals surface area (Å²) in [6, 6.07) is 16.9. The van der Waals surface area contributed by atoms with E-state index in [-0.39, 0.29) is 17.5 Å². The lowest BCUT2D eigenvalue weighted by Gasteiger charge is -2.28. The Morgan fingerprint density at radius 1 is 0.933 bits per heavy atom. The van der Waals surface area contributed by atoms with E-state index in [0.29, 0.717) is 25.2 Å². The molecule has 4 nitrogen and oxygen atoms in total. The summed E-state index contributed by atoms with van der Waals surface area (Å²) < 4.78 is 11.6. The smallest absolute Gasteiger partial charge is 0.230 e. The number of carbonyl (C=O) groups excluding carboxylic acids is 2. The van der Waals surface area contributed by atoms with Gasteiger partial charge in [0.25, 0.3) is 0 Å². The van der Waals surface area contributed by atoms with Gasteiger partial charge in [-0.2, -0.15) is 0 Å². The van der Waals surface area contributed by atoms with Gasteiger partial charge in [0, 0.05) is 23.7 Å². The van der Waals surface area contributed by atoms with Gasteiger partial charge in [0.15, 0.2) is 5.78 Å². The van der Waals surface area contributed by atoms with Crippen LogP contribution >= 0.6 is 0 Å². The maximum atomic E-state index is 12.9. The zero-order valence-corrected chi connectivity index (χ0v) is 18.1. The molecule has 160 valence electrons. The van der Waals surface area contributed by atoms with Gasteiger partial charge in [-0.1, -0.05) is 67.8 Å². The Kier molecular flexibility index (Phi) is 7.94. The second-order valence-electron chi connectivity index (χ2n) is 8.07. The van der Waals surface area contributed by atoms with Crippen molar-refractivity contribution in [3.05, 3.63) is 71.3 Å². The van der Waals surface area contributed by atoms with Crippen molar-refractivity contribution in [2.45, 2.75) is 58.2 Å². The van der Waals surface area contributed by atoms with Gasteiger partial charge in [-0.25, -0.2) is 0 Å². The maximum Gasteiger partial charge on any atom is 0.230 e. The normalized spacial score (nSPS) is 16.7. The first-order chi connectivity index (χ1) is 14.5. The summed E-state index contributed by atoms with van der Waals surface area (Å²) in [7, 11) is 0. The lowest BCUT2D eigenvalue weighted by atomic mass is 9.83. The van der Waals surface area contributed by atoms with Crippen LogP contribution in [0.25, 0.3) is 0 Å². The van der Waals surface area contributed by atoms with Gasteiger partial charge in [-0.3, -0.25) is 9.59 Å². The predicted octanol–water partition coefficient (Wildman–Crippen LogP) is 5.64. The molecule has 0 bridgehead atoms. The first kappa shape index (κ1) is 22.4. The van der Waals surface area contributed by atoms with Crippen molar-refractivity contribution >= 4 is 11.6 Å². The predicted molar refractivity (Wildman–Crippen MR) is 118 cm³/mol. The van der Waals surface area contributed by atoms with Gasteiger partial charge >= 0.3 is 0 Å². The number of rotatable bonds is 10. The third-order valence-electron chi connectivity index (χ3n) is 5.82. The number of hydrogen-bond acceptors (Lipinski definition) is 4. The molecule has 1 aliphatic rings. The quantitative estimate of drug-likeness (QED) is 0.377. The molecule has 0 spiro atoms. The molecule has 0 N–H and O–H groups in total. The zero-order valence-electron chi connectivity index (χ0n) is 18.1. The van der Waals surface area contributed by atoms with Crippen molar-refractivity contribution in [1.29, 1.82) is 0 Å². The number of ketones is 2. The molecule has 1 fully saturated rings. The summed E-state index contributed by atoms with van der Waals surface area (Å²) in [4.78, 5) is 25.7. The lowest BCUT2D eigenvalue weighted by Crippen LogP contribution is -2.42. The van der Waals surface area contributed by atoms with Gasteiger partial charge in [-0.05, 0) is 44.7 Å². The molecule has 1 unspecified atom stereocenters. The van der Waals surface area contributed by atoms with Crippen LogP contribution in [-0.2, 0) is 15.9 Å². The van der Waals surface area contributed by atoms with Crippen LogP contribution in [-0.4, -0.2) is 30.6 Å². The number of Topliss-reactive ketones (excluding diaryl/α,β-unsaturated/α-hetero) is 2. The third-order valence-corrected chi connectivity index (χ3v) is 5.82. The van der Waals surface area contributed by atoms with Crippen LogP contribution in [0.5, 0.6) is 0 Å². The number of ether oxygens (including phenoxy) is 2. The van der Waals surface area contributed by atoms with Crippen molar-refractivity contribution in [2.75, 3.05) is 13.2 Å². The Bertz CT molecular complexity index is 839. The molecule has 0 saturated heterocycles. The SMILES string of the molecule is CCOC(C)(OCCc1cccc(C(=O)C2CCCCC2)c1)C(=O)c1ccccc1. The average molecular weight is 409 g/mol. The van der Waals surface area contributed by atoms with E-state index >= 15 is 0 Å². The Morgan fingerprint density at radius 3 is 2.33 bits per heavy atom. The minimum absolute atomic E-state index is 0.162. The Balaban J connectivity index is 1.62. The molecule has 0 aliphatic heterocycles. The van der Waals surface area contributed by atoms with E-state index in [1.807, 2.05) is 49.4 Å². The molecule has 1 atom stereocenters. The second kappa shape index (κ2) is 10.6.